The van der Waals surface area contributed by atoms with Crippen LogP contribution in [0.4, 0.5) is 0 Å². The van der Waals surface area contributed by atoms with Crippen molar-refractivity contribution < 1.29 is 0 Å². The number of allylic oxidation sites excluding steroid dienone is 4. The van der Waals surface area contributed by atoms with Gasteiger partial charge in [0.1, 0.15) is 0 Å². The fourth-order valence-electron chi connectivity index (χ4n) is 1.20. The minimum Gasteiger partial charge on any atom is -0.197 e. The van der Waals surface area contributed by atoms with Gasteiger partial charge in [-0.2, -0.15) is 5.26 Å². The van der Waals surface area contributed by atoms with Gasteiger partial charge in [-0.05, 0) is 44.9 Å². The van der Waals surface area contributed by atoms with Crippen LogP contribution in [-0.4, -0.2) is 0 Å². The van der Waals surface area contributed by atoms with Crippen LogP contribution in [0.25, 0.3) is 0 Å². The van der Waals surface area contributed by atoms with E-state index in [0.29, 0.717) is 16.5 Å². The Balaban J connectivity index is 4.93. The molecule has 0 aromatic rings. The molecule has 0 aromatic carbocycles. The van der Waals surface area contributed by atoms with Crippen LogP contribution < -0.4 is 0 Å². The maximum Gasteiger partial charge on any atom is 0.0743 e. The van der Waals surface area contributed by atoms with E-state index < -0.39 is 5.41 Å². The normalized spacial score (nSPS) is 12.0. The van der Waals surface area contributed by atoms with Gasteiger partial charge >= 0.3 is 0 Å². The van der Waals surface area contributed by atoms with Gasteiger partial charge in [0, 0.05) is 10.1 Å². The van der Waals surface area contributed by atoms with E-state index in [9.17, 15) is 0 Å². The summed E-state index contributed by atoms with van der Waals surface area (Å²) in [4.78, 5) is 0. The predicted octanol–water partition coefficient (Wildman–Crippen LogP) is 4.90. The van der Waals surface area contributed by atoms with Crippen molar-refractivity contribution in [3.05, 3.63) is 40.1 Å². The van der Waals surface area contributed by atoms with E-state index in [2.05, 4.69) is 18.4 Å². The van der Waals surface area contributed by atoms with Crippen LogP contribution in [0.2, 0.25) is 0 Å². The van der Waals surface area contributed by atoms with Gasteiger partial charge in [-0.15, -0.1) is 5.73 Å². The molecule has 0 fully saturated rings. The highest BCUT2D eigenvalue weighted by Crippen LogP contribution is 2.32. The maximum absolute atomic E-state index is 9.04. The molecule has 0 aromatic heterocycles. The van der Waals surface area contributed by atoms with E-state index in [1.165, 1.54) is 0 Å². The topological polar surface area (TPSA) is 23.8 Å². The largest absolute Gasteiger partial charge is 0.197 e. The third-order valence-corrected chi connectivity index (χ3v) is 2.45. The zero-order valence-electron chi connectivity index (χ0n) is 9.77. The molecule has 0 radical (unpaired) electrons. The molecule has 0 amide bonds. The summed E-state index contributed by atoms with van der Waals surface area (Å²) in [6.07, 6.45) is 3.94. The van der Waals surface area contributed by atoms with Crippen molar-refractivity contribution in [3.63, 3.8) is 0 Å². The molecular weight excluding hydrogens is 241 g/mol. The standard InChI is InChI=1S/C13H15Cl2N/c1-10(14)7-5-6-8-12(11(2)15)13(3,4)9-16/h6-7H,1,8H2,2-4H3/b12-11-. The molecule has 0 unspecified atom stereocenters. The molecule has 3 heteroatoms. The van der Waals surface area contributed by atoms with Crippen molar-refractivity contribution in [2.75, 3.05) is 0 Å². The molecular formula is C13H15Cl2N. The molecule has 16 heavy (non-hydrogen) atoms. The lowest BCUT2D eigenvalue weighted by Gasteiger charge is -2.19. The van der Waals surface area contributed by atoms with E-state index in [1.807, 2.05) is 13.8 Å². The van der Waals surface area contributed by atoms with Gasteiger partial charge in [-0.25, -0.2) is 0 Å². The van der Waals surface area contributed by atoms with Gasteiger partial charge in [0.05, 0.1) is 11.5 Å². The van der Waals surface area contributed by atoms with Crippen LogP contribution in [0.1, 0.15) is 27.2 Å². The van der Waals surface area contributed by atoms with Gasteiger partial charge in [-0.1, -0.05) is 29.8 Å². The zero-order chi connectivity index (χ0) is 12.8. The number of hydrogen-bond acceptors (Lipinski definition) is 1. The van der Waals surface area contributed by atoms with E-state index in [0.717, 1.165) is 5.57 Å². The molecule has 0 saturated carbocycles. The summed E-state index contributed by atoms with van der Waals surface area (Å²) < 4.78 is 0. The Hall–Kier alpha value is -0.930. The maximum atomic E-state index is 9.04. The summed E-state index contributed by atoms with van der Waals surface area (Å²) in [7, 11) is 0. The van der Waals surface area contributed by atoms with Crippen molar-refractivity contribution in [3.8, 4) is 6.07 Å². The molecule has 0 saturated heterocycles. The zero-order valence-corrected chi connectivity index (χ0v) is 11.3. The second kappa shape index (κ2) is 6.61. The Bertz CT molecular complexity index is 398. The van der Waals surface area contributed by atoms with Gasteiger partial charge in [0.2, 0.25) is 0 Å². The summed E-state index contributed by atoms with van der Waals surface area (Å²) in [6, 6.07) is 2.23. The van der Waals surface area contributed by atoms with Gasteiger partial charge in [0.25, 0.3) is 0 Å². The molecule has 1 nitrogen and oxygen atoms in total. The van der Waals surface area contributed by atoms with Crippen molar-refractivity contribution >= 4 is 23.2 Å². The van der Waals surface area contributed by atoms with Crippen LogP contribution in [0.5, 0.6) is 0 Å². The second-order valence-electron chi connectivity index (χ2n) is 3.91. The quantitative estimate of drug-likeness (QED) is 0.518. The monoisotopic (exact) mass is 255 g/mol. The van der Waals surface area contributed by atoms with Crippen LogP contribution >= 0.6 is 23.2 Å². The second-order valence-corrected chi connectivity index (χ2v) is 4.97. The molecule has 86 valence electrons. The fourth-order valence-corrected chi connectivity index (χ4v) is 1.58. The van der Waals surface area contributed by atoms with E-state index in [1.54, 1.807) is 19.1 Å². The summed E-state index contributed by atoms with van der Waals surface area (Å²) >= 11 is 11.5. The van der Waals surface area contributed by atoms with Crippen LogP contribution in [0.15, 0.2) is 40.1 Å². The third-order valence-electron chi connectivity index (χ3n) is 2.11. The number of rotatable bonds is 4. The Morgan fingerprint density at radius 3 is 2.38 bits per heavy atom. The van der Waals surface area contributed by atoms with Gasteiger partial charge in [-0.3, -0.25) is 0 Å². The molecule has 0 aliphatic rings. The summed E-state index contributed by atoms with van der Waals surface area (Å²) in [5.41, 5.74) is 3.20. The van der Waals surface area contributed by atoms with E-state index >= 15 is 0 Å². The Labute approximate surface area is 107 Å². The fraction of sp³-hybridized carbons (Fsp3) is 0.385. The van der Waals surface area contributed by atoms with Crippen molar-refractivity contribution in [1.82, 2.24) is 0 Å². The molecule has 0 heterocycles. The first kappa shape index (κ1) is 15.1. The highest BCUT2D eigenvalue weighted by atomic mass is 35.5. The first-order valence-electron chi connectivity index (χ1n) is 4.83. The molecule has 0 atom stereocenters. The summed E-state index contributed by atoms with van der Waals surface area (Å²) in [6.45, 7) is 8.97. The molecule has 0 spiro atoms. The lowest BCUT2D eigenvalue weighted by molar-refractivity contribution is 0.580. The van der Waals surface area contributed by atoms with Crippen molar-refractivity contribution in [2.45, 2.75) is 27.2 Å². The minimum atomic E-state index is -0.567. The lowest BCUT2D eigenvalue weighted by atomic mass is 9.83. The first-order valence-corrected chi connectivity index (χ1v) is 5.59. The molecule has 0 bridgehead atoms. The Kier molecular flexibility index (Phi) is 6.22. The molecule has 0 aliphatic heterocycles. The van der Waals surface area contributed by atoms with E-state index in [-0.39, 0.29) is 0 Å². The van der Waals surface area contributed by atoms with Crippen LogP contribution in [0.3, 0.4) is 0 Å². The van der Waals surface area contributed by atoms with Crippen LogP contribution in [0, 0.1) is 16.7 Å². The lowest BCUT2D eigenvalue weighted by Crippen LogP contribution is -2.12. The summed E-state index contributed by atoms with van der Waals surface area (Å²) in [5.74, 6) is 0. The number of nitrogens with zero attached hydrogens (tertiary/aromatic N) is 1. The minimum absolute atomic E-state index is 0.420. The predicted molar refractivity (Wildman–Crippen MR) is 70.2 cm³/mol. The number of nitriles is 1. The highest BCUT2D eigenvalue weighted by molar-refractivity contribution is 6.30. The average molecular weight is 256 g/mol. The van der Waals surface area contributed by atoms with E-state index in [4.69, 9.17) is 28.5 Å². The highest BCUT2D eigenvalue weighted by Gasteiger charge is 2.23. The van der Waals surface area contributed by atoms with Gasteiger partial charge < -0.3 is 0 Å². The smallest absolute Gasteiger partial charge is 0.0743 e. The molecule has 0 aliphatic carbocycles. The van der Waals surface area contributed by atoms with Crippen molar-refractivity contribution in [2.24, 2.45) is 5.41 Å². The van der Waals surface area contributed by atoms with Gasteiger partial charge in [0.15, 0.2) is 0 Å². The van der Waals surface area contributed by atoms with Crippen LogP contribution in [-0.2, 0) is 0 Å². The molecule has 0 N–H and O–H groups in total. The Morgan fingerprint density at radius 1 is 1.44 bits per heavy atom. The average Bonchev–Trinajstić information content (AvgIpc) is 2.16. The Morgan fingerprint density at radius 2 is 2.00 bits per heavy atom. The third kappa shape index (κ3) is 5.24. The first-order chi connectivity index (χ1) is 7.31. The van der Waals surface area contributed by atoms with Crippen molar-refractivity contribution in [1.29, 1.82) is 5.26 Å². The SMILES string of the molecule is C=C(Cl)C=C=CC/C(=C(\C)Cl)C(C)(C)C#N. The molecule has 0 rings (SSSR count). The number of hydrogen-bond donors (Lipinski definition) is 0. The summed E-state index contributed by atoms with van der Waals surface area (Å²) in [5, 5.41) is 10.1. The number of halogens is 2.